The van der Waals surface area contributed by atoms with E-state index in [9.17, 15) is 26.3 Å². The number of nitrogens with zero attached hydrogens (tertiary/aromatic N) is 1. The lowest BCUT2D eigenvalue weighted by Gasteiger charge is -2.36. The maximum absolute atomic E-state index is 12.9. The van der Waals surface area contributed by atoms with Crippen molar-refractivity contribution in [1.29, 1.82) is 0 Å². The third kappa shape index (κ3) is 7.31. The highest BCUT2D eigenvalue weighted by atomic mass is 35.5. The summed E-state index contributed by atoms with van der Waals surface area (Å²) in [7, 11) is 0. The van der Waals surface area contributed by atoms with Crippen LogP contribution in [0.15, 0.2) is 18.2 Å². The van der Waals surface area contributed by atoms with E-state index in [4.69, 9.17) is 11.6 Å². The molecule has 1 heterocycles. The third-order valence-electron chi connectivity index (χ3n) is 3.98. The van der Waals surface area contributed by atoms with Crippen LogP contribution in [0.2, 0.25) is 5.02 Å². The summed E-state index contributed by atoms with van der Waals surface area (Å²) in [5, 5.41) is 3.12. The fourth-order valence-corrected chi connectivity index (χ4v) is 3.05. The van der Waals surface area contributed by atoms with Crippen LogP contribution in [0.5, 0.6) is 0 Å². The van der Waals surface area contributed by atoms with Gasteiger partial charge >= 0.3 is 12.4 Å². The molecule has 0 spiro atoms. The molecule has 1 aliphatic rings. The lowest BCUT2D eigenvalue weighted by Crippen LogP contribution is -2.45. The van der Waals surface area contributed by atoms with Gasteiger partial charge in [-0.05, 0) is 30.2 Å². The largest absolute Gasteiger partial charge is 0.416 e. The van der Waals surface area contributed by atoms with E-state index >= 15 is 0 Å². The maximum atomic E-state index is 12.9. The van der Waals surface area contributed by atoms with Crippen molar-refractivity contribution in [3.05, 3.63) is 34.3 Å². The fraction of sp³-hybridized carbons (Fsp3) is 0.600. The Labute approximate surface area is 165 Å². The molecule has 26 heavy (non-hydrogen) atoms. The number of alkyl halides is 6. The average molecular weight is 448 g/mol. The number of nitrogens with one attached hydrogen (secondary N) is 1. The van der Waals surface area contributed by atoms with E-state index in [0.29, 0.717) is 26.2 Å². The molecule has 152 valence electrons. The summed E-state index contributed by atoms with van der Waals surface area (Å²) < 4.78 is 76.7. The van der Waals surface area contributed by atoms with Gasteiger partial charge in [0.05, 0.1) is 5.56 Å². The maximum Gasteiger partial charge on any atom is 0.416 e. The van der Waals surface area contributed by atoms with Crippen LogP contribution in [0, 0.1) is 0 Å². The van der Waals surface area contributed by atoms with Gasteiger partial charge in [-0.1, -0.05) is 11.6 Å². The molecule has 1 aliphatic heterocycles. The molecule has 1 aromatic rings. The molecular weight excluding hydrogens is 429 g/mol. The van der Waals surface area contributed by atoms with E-state index < -0.39 is 30.4 Å². The van der Waals surface area contributed by atoms with Crippen molar-refractivity contribution >= 4 is 36.4 Å². The Balaban J connectivity index is 0.00000312. The highest BCUT2D eigenvalue weighted by molar-refractivity contribution is 6.31. The van der Waals surface area contributed by atoms with Crippen molar-refractivity contribution in [3.63, 3.8) is 0 Å². The normalized spacial score (nSPS) is 17.2. The molecule has 1 atom stereocenters. The summed E-state index contributed by atoms with van der Waals surface area (Å²) in [6.45, 7) is 2.04. The van der Waals surface area contributed by atoms with Gasteiger partial charge in [0.1, 0.15) is 0 Å². The van der Waals surface area contributed by atoms with E-state index in [1.807, 2.05) is 0 Å². The number of hydrogen-bond acceptors (Lipinski definition) is 2. The topological polar surface area (TPSA) is 15.3 Å². The Morgan fingerprint density at radius 3 is 2.12 bits per heavy atom. The average Bonchev–Trinajstić information content (AvgIpc) is 2.48. The first-order valence-corrected chi connectivity index (χ1v) is 7.84. The molecule has 11 heteroatoms. The van der Waals surface area contributed by atoms with Gasteiger partial charge in [-0.15, -0.1) is 24.8 Å². The van der Waals surface area contributed by atoms with Gasteiger partial charge in [-0.3, -0.25) is 4.90 Å². The standard InChI is InChI=1S/C15H17ClF6N2.2ClH/c16-12-2-1-10(15(20,21)22)9-11(12)13(3-4-14(17,18)19)24-7-5-23-6-8-24;;/h1-2,9,13,23H,3-8H2;2*1H/t13-;;/m1../s1. The molecule has 0 bridgehead atoms. The molecule has 0 unspecified atom stereocenters. The van der Waals surface area contributed by atoms with Gasteiger partial charge in [0.2, 0.25) is 0 Å². The van der Waals surface area contributed by atoms with Gasteiger partial charge < -0.3 is 5.32 Å². The van der Waals surface area contributed by atoms with Crippen molar-refractivity contribution < 1.29 is 26.3 Å². The van der Waals surface area contributed by atoms with Gasteiger partial charge in [-0.25, -0.2) is 0 Å². The highest BCUT2D eigenvalue weighted by Gasteiger charge is 2.35. The summed E-state index contributed by atoms with van der Waals surface area (Å²) >= 11 is 6.02. The molecule has 0 amide bonds. The van der Waals surface area contributed by atoms with Crippen LogP contribution in [-0.2, 0) is 6.18 Å². The molecule has 0 aromatic heterocycles. The SMILES string of the molecule is Cl.Cl.FC(F)(F)CC[C@H](c1cc(C(F)(F)F)ccc1Cl)N1CCNCC1. The van der Waals surface area contributed by atoms with E-state index in [0.717, 1.165) is 18.2 Å². The predicted molar refractivity (Wildman–Crippen MR) is 93.4 cm³/mol. The number of halogens is 9. The molecule has 0 aliphatic carbocycles. The summed E-state index contributed by atoms with van der Waals surface area (Å²) in [5.74, 6) is 0. The number of rotatable bonds is 4. The van der Waals surface area contributed by atoms with Crippen LogP contribution in [-0.4, -0.2) is 37.3 Å². The van der Waals surface area contributed by atoms with Crippen LogP contribution >= 0.6 is 36.4 Å². The molecule has 2 nitrogen and oxygen atoms in total. The minimum atomic E-state index is -4.57. The van der Waals surface area contributed by atoms with Gasteiger partial charge in [0.15, 0.2) is 0 Å². The van der Waals surface area contributed by atoms with Gasteiger partial charge in [0, 0.05) is 43.7 Å². The zero-order chi connectivity index (χ0) is 18.0. The van der Waals surface area contributed by atoms with Crippen LogP contribution in [0.3, 0.4) is 0 Å². The van der Waals surface area contributed by atoms with Crippen LogP contribution in [0.1, 0.15) is 30.0 Å². The zero-order valence-electron chi connectivity index (χ0n) is 13.5. The Bertz CT molecular complexity index is 559. The second-order valence-electron chi connectivity index (χ2n) is 5.69. The first kappa shape index (κ1) is 25.6. The van der Waals surface area contributed by atoms with Crippen molar-refractivity contribution in [1.82, 2.24) is 10.2 Å². The van der Waals surface area contributed by atoms with E-state index in [-0.39, 0.29) is 41.8 Å². The Kier molecular flexibility index (Phi) is 10.1. The van der Waals surface area contributed by atoms with E-state index in [1.165, 1.54) is 0 Å². The van der Waals surface area contributed by atoms with E-state index in [2.05, 4.69) is 5.32 Å². The molecule has 1 fully saturated rings. The summed E-state index contributed by atoms with van der Waals surface area (Å²) in [6, 6.07) is 2.00. The lowest BCUT2D eigenvalue weighted by atomic mass is 9.97. The van der Waals surface area contributed by atoms with Crippen molar-refractivity contribution in [2.24, 2.45) is 0 Å². The third-order valence-corrected chi connectivity index (χ3v) is 4.32. The molecular formula is C15H19Cl3F6N2. The van der Waals surface area contributed by atoms with Gasteiger partial charge in [-0.2, -0.15) is 26.3 Å². The van der Waals surface area contributed by atoms with Gasteiger partial charge in [0.25, 0.3) is 0 Å². The second kappa shape index (κ2) is 10.2. The second-order valence-corrected chi connectivity index (χ2v) is 6.10. The molecule has 1 N–H and O–H groups in total. The Morgan fingerprint density at radius 2 is 1.62 bits per heavy atom. The first-order valence-electron chi connectivity index (χ1n) is 7.46. The molecule has 0 radical (unpaired) electrons. The molecule has 2 rings (SSSR count). The summed E-state index contributed by atoms with van der Waals surface area (Å²) in [6.07, 6.45) is -10.4. The van der Waals surface area contributed by atoms with Crippen LogP contribution < -0.4 is 5.32 Å². The summed E-state index contributed by atoms with van der Waals surface area (Å²) in [4.78, 5) is 1.75. The highest BCUT2D eigenvalue weighted by Crippen LogP contribution is 2.38. The molecule has 1 aromatic carbocycles. The number of piperazine rings is 1. The fourth-order valence-electron chi connectivity index (χ4n) is 2.80. The smallest absolute Gasteiger partial charge is 0.314 e. The first-order chi connectivity index (χ1) is 11.1. The summed E-state index contributed by atoms with van der Waals surface area (Å²) in [5.41, 5.74) is -0.813. The van der Waals surface area contributed by atoms with Crippen molar-refractivity contribution in [2.75, 3.05) is 26.2 Å². The van der Waals surface area contributed by atoms with Crippen molar-refractivity contribution in [3.8, 4) is 0 Å². The Morgan fingerprint density at radius 1 is 1.04 bits per heavy atom. The number of benzene rings is 1. The van der Waals surface area contributed by atoms with E-state index in [1.54, 1.807) is 4.90 Å². The molecule has 1 saturated heterocycles. The quantitative estimate of drug-likeness (QED) is 0.614. The predicted octanol–water partition coefficient (Wildman–Crippen LogP) is 5.49. The Hall–Kier alpha value is -0.410. The van der Waals surface area contributed by atoms with Crippen molar-refractivity contribution in [2.45, 2.75) is 31.2 Å². The minimum Gasteiger partial charge on any atom is -0.314 e. The lowest BCUT2D eigenvalue weighted by molar-refractivity contribution is -0.140. The molecule has 0 saturated carbocycles. The monoisotopic (exact) mass is 446 g/mol. The van der Waals surface area contributed by atoms with Crippen LogP contribution in [0.4, 0.5) is 26.3 Å². The zero-order valence-corrected chi connectivity index (χ0v) is 15.9. The number of hydrogen-bond donors (Lipinski definition) is 1. The van der Waals surface area contributed by atoms with Crippen LogP contribution in [0.25, 0.3) is 0 Å². The minimum absolute atomic E-state index is 0.